The maximum atomic E-state index is 11.9. The number of nitrogens with zero attached hydrogens (tertiary/aromatic N) is 1. The number of aromatic nitrogens is 1. The number of nitrogens with one attached hydrogen (secondary N) is 1. The van der Waals surface area contributed by atoms with Crippen LogP contribution in [0, 0.1) is 0 Å². The Labute approximate surface area is 110 Å². The van der Waals surface area contributed by atoms with Gasteiger partial charge in [0.05, 0.1) is 12.1 Å². The van der Waals surface area contributed by atoms with Crippen molar-refractivity contribution in [2.24, 2.45) is 0 Å². The average Bonchev–Trinajstić information content (AvgIpc) is 2.27. The maximum absolute atomic E-state index is 11.9. The highest BCUT2D eigenvalue weighted by molar-refractivity contribution is 6.33. The predicted molar refractivity (Wildman–Crippen MR) is 67.5 cm³/mol. The number of aliphatic hydroxyl groups is 1. The van der Waals surface area contributed by atoms with Crippen LogP contribution in [0.4, 0.5) is 0 Å². The van der Waals surface area contributed by atoms with Gasteiger partial charge >= 0.3 is 0 Å². The van der Waals surface area contributed by atoms with Crippen molar-refractivity contribution in [3.8, 4) is 0 Å². The van der Waals surface area contributed by atoms with Crippen LogP contribution in [0.2, 0.25) is 10.3 Å². The van der Waals surface area contributed by atoms with E-state index in [1.165, 1.54) is 12.1 Å². The Kier molecular flexibility index (Phi) is 4.74. The molecule has 0 saturated heterocycles. The van der Waals surface area contributed by atoms with Crippen molar-refractivity contribution < 1.29 is 9.90 Å². The zero-order valence-corrected chi connectivity index (χ0v) is 11.1. The SMILES string of the molecule is CCC(C)(CO)NC(=O)c1cc(Cl)nc(Cl)c1. The van der Waals surface area contributed by atoms with Gasteiger partial charge in [0.1, 0.15) is 10.3 Å². The quantitative estimate of drug-likeness (QED) is 0.830. The lowest BCUT2D eigenvalue weighted by Crippen LogP contribution is -2.48. The summed E-state index contributed by atoms with van der Waals surface area (Å²) in [7, 11) is 0. The van der Waals surface area contributed by atoms with Crippen LogP contribution in [0.3, 0.4) is 0 Å². The summed E-state index contributed by atoms with van der Waals surface area (Å²) in [6, 6.07) is 2.85. The highest BCUT2D eigenvalue weighted by Crippen LogP contribution is 2.16. The van der Waals surface area contributed by atoms with Gasteiger partial charge in [-0.2, -0.15) is 0 Å². The second-order valence-electron chi connectivity index (χ2n) is 4.03. The lowest BCUT2D eigenvalue weighted by Gasteiger charge is -2.27. The molecule has 0 saturated carbocycles. The van der Waals surface area contributed by atoms with Crippen LogP contribution in [0.5, 0.6) is 0 Å². The van der Waals surface area contributed by atoms with Crippen molar-refractivity contribution in [3.05, 3.63) is 28.0 Å². The Morgan fingerprint density at radius 1 is 1.47 bits per heavy atom. The van der Waals surface area contributed by atoms with Crippen LogP contribution >= 0.6 is 23.2 Å². The third-order valence-electron chi connectivity index (χ3n) is 2.57. The van der Waals surface area contributed by atoms with E-state index < -0.39 is 5.54 Å². The fourth-order valence-corrected chi connectivity index (χ4v) is 1.64. The van der Waals surface area contributed by atoms with Crippen LogP contribution in [0.25, 0.3) is 0 Å². The molecule has 0 aromatic carbocycles. The number of aliphatic hydroxyl groups excluding tert-OH is 1. The zero-order chi connectivity index (χ0) is 13.1. The number of amides is 1. The molecule has 94 valence electrons. The third-order valence-corrected chi connectivity index (χ3v) is 2.96. The number of hydrogen-bond acceptors (Lipinski definition) is 3. The Hall–Kier alpha value is -0.840. The van der Waals surface area contributed by atoms with E-state index >= 15 is 0 Å². The lowest BCUT2D eigenvalue weighted by atomic mass is 10.00. The largest absolute Gasteiger partial charge is 0.394 e. The average molecular weight is 277 g/mol. The van der Waals surface area contributed by atoms with Gasteiger partial charge in [-0.15, -0.1) is 0 Å². The molecule has 1 aromatic heterocycles. The van der Waals surface area contributed by atoms with Gasteiger partial charge in [0.15, 0.2) is 0 Å². The molecule has 2 N–H and O–H groups in total. The summed E-state index contributed by atoms with van der Waals surface area (Å²) in [5, 5.41) is 12.3. The lowest BCUT2D eigenvalue weighted by molar-refractivity contribution is 0.0847. The molecule has 0 aliphatic carbocycles. The molecule has 0 spiro atoms. The highest BCUT2D eigenvalue weighted by atomic mass is 35.5. The normalized spacial score (nSPS) is 14.2. The summed E-state index contributed by atoms with van der Waals surface area (Å²) in [6.45, 7) is 3.50. The van der Waals surface area contributed by atoms with Crippen LogP contribution < -0.4 is 5.32 Å². The van der Waals surface area contributed by atoms with Gasteiger partial charge in [-0.05, 0) is 25.5 Å². The predicted octanol–water partition coefficient (Wildman–Crippen LogP) is 2.28. The van der Waals surface area contributed by atoms with Gasteiger partial charge in [0.2, 0.25) is 0 Å². The van der Waals surface area contributed by atoms with E-state index in [1.54, 1.807) is 6.92 Å². The molecule has 0 bridgehead atoms. The first-order chi connectivity index (χ1) is 7.90. The molecule has 1 rings (SSSR count). The van der Waals surface area contributed by atoms with E-state index in [-0.39, 0.29) is 22.8 Å². The summed E-state index contributed by atoms with van der Waals surface area (Å²) in [6.07, 6.45) is 0.613. The zero-order valence-electron chi connectivity index (χ0n) is 9.63. The van der Waals surface area contributed by atoms with E-state index in [0.717, 1.165) is 0 Å². The van der Waals surface area contributed by atoms with Gasteiger partial charge in [-0.1, -0.05) is 30.1 Å². The first-order valence-corrected chi connectivity index (χ1v) is 5.92. The van der Waals surface area contributed by atoms with Crippen molar-refractivity contribution in [1.29, 1.82) is 0 Å². The van der Waals surface area contributed by atoms with Crippen LogP contribution in [0.15, 0.2) is 12.1 Å². The summed E-state index contributed by atoms with van der Waals surface area (Å²) in [5.41, 5.74) is -0.331. The minimum atomic E-state index is -0.653. The molecular weight excluding hydrogens is 263 g/mol. The highest BCUT2D eigenvalue weighted by Gasteiger charge is 2.24. The Morgan fingerprint density at radius 2 is 2.00 bits per heavy atom. The Bertz CT molecular complexity index is 400. The Balaban J connectivity index is 2.90. The summed E-state index contributed by atoms with van der Waals surface area (Å²) < 4.78 is 0. The van der Waals surface area contributed by atoms with Crippen molar-refractivity contribution in [2.45, 2.75) is 25.8 Å². The molecule has 4 nitrogen and oxygen atoms in total. The second-order valence-corrected chi connectivity index (χ2v) is 4.80. The molecule has 0 aliphatic rings. The van der Waals surface area contributed by atoms with Gasteiger partial charge in [0.25, 0.3) is 5.91 Å². The fourth-order valence-electron chi connectivity index (χ4n) is 1.18. The van der Waals surface area contributed by atoms with E-state index in [0.29, 0.717) is 12.0 Å². The third kappa shape index (κ3) is 3.84. The van der Waals surface area contributed by atoms with Crippen molar-refractivity contribution in [1.82, 2.24) is 10.3 Å². The maximum Gasteiger partial charge on any atom is 0.252 e. The van der Waals surface area contributed by atoms with E-state index in [2.05, 4.69) is 10.3 Å². The van der Waals surface area contributed by atoms with Crippen molar-refractivity contribution in [2.75, 3.05) is 6.61 Å². The molecule has 0 radical (unpaired) electrons. The minimum absolute atomic E-state index is 0.137. The number of carbonyl (C=O) groups is 1. The number of halogens is 2. The molecule has 1 amide bonds. The smallest absolute Gasteiger partial charge is 0.252 e. The van der Waals surface area contributed by atoms with Gasteiger partial charge in [-0.25, -0.2) is 4.98 Å². The topological polar surface area (TPSA) is 62.2 Å². The van der Waals surface area contributed by atoms with Crippen molar-refractivity contribution in [3.63, 3.8) is 0 Å². The number of carbonyl (C=O) groups excluding carboxylic acids is 1. The van der Waals surface area contributed by atoms with Crippen LogP contribution in [-0.2, 0) is 0 Å². The first-order valence-electron chi connectivity index (χ1n) is 5.16. The summed E-state index contributed by atoms with van der Waals surface area (Å²) in [4.78, 5) is 15.7. The fraction of sp³-hybridized carbons (Fsp3) is 0.455. The molecule has 1 heterocycles. The van der Waals surface area contributed by atoms with Gasteiger partial charge in [-0.3, -0.25) is 4.79 Å². The Morgan fingerprint density at radius 3 is 2.41 bits per heavy atom. The molecular formula is C11H14Cl2N2O2. The first kappa shape index (κ1) is 14.2. The molecule has 0 fully saturated rings. The number of hydrogen-bond donors (Lipinski definition) is 2. The molecule has 1 aromatic rings. The molecule has 17 heavy (non-hydrogen) atoms. The van der Waals surface area contributed by atoms with E-state index in [1.807, 2.05) is 6.92 Å². The number of rotatable bonds is 4. The summed E-state index contributed by atoms with van der Waals surface area (Å²) in [5.74, 6) is -0.338. The molecule has 1 unspecified atom stereocenters. The number of pyridine rings is 1. The standard InChI is InChI=1S/C11H14Cl2N2O2/c1-3-11(2,6-16)15-10(17)7-4-8(12)14-9(13)5-7/h4-5,16H,3,6H2,1-2H3,(H,15,17). The van der Waals surface area contributed by atoms with Gasteiger partial charge < -0.3 is 10.4 Å². The van der Waals surface area contributed by atoms with E-state index in [9.17, 15) is 9.90 Å². The monoisotopic (exact) mass is 276 g/mol. The van der Waals surface area contributed by atoms with Crippen LogP contribution in [-0.4, -0.2) is 28.1 Å². The van der Waals surface area contributed by atoms with Crippen molar-refractivity contribution >= 4 is 29.1 Å². The molecule has 0 aliphatic heterocycles. The molecule has 6 heteroatoms. The van der Waals surface area contributed by atoms with Crippen LogP contribution in [0.1, 0.15) is 30.6 Å². The van der Waals surface area contributed by atoms with Gasteiger partial charge in [0, 0.05) is 5.56 Å². The molecule has 1 atom stereocenters. The minimum Gasteiger partial charge on any atom is -0.394 e. The van der Waals surface area contributed by atoms with E-state index in [4.69, 9.17) is 23.2 Å². The second kappa shape index (κ2) is 5.67. The summed E-state index contributed by atoms with van der Waals surface area (Å²) >= 11 is 11.4.